The van der Waals surface area contributed by atoms with Gasteiger partial charge >= 0.3 is 0 Å². The van der Waals surface area contributed by atoms with Gasteiger partial charge in [-0.1, -0.05) is 23.4 Å². The molecule has 4 heterocycles. The predicted molar refractivity (Wildman–Crippen MR) is 141 cm³/mol. The lowest BCUT2D eigenvalue weighted by Gasteiger charge is -2.29. The van der Waals surface area contributed by atoms with Crippen LogP contribution in [-0.4, -0.2) is 57.7 Å². The molecule has 0 N–H and O–H groups in total. The molecule has 1 aromatic carbocycles. The van der Waals surface area contributed by atoms with Crippen LogP contribution in [0.1, 0.15) is 35.7 Å². The number of fused-ring (bicyclic) bond motifs is 1. The lowest BCUT2D eigenvalue weighted by Crippen LogP contribution is -2.32. The highest BCUT2D eigenvalue weighted by Gasteiger charge is 2.23. The summed E-state index contributed by atoms with van der Waals surface area (Å²) >= 11 is 7.82. The minimum absolute atomic E-state index is 0.414. The molecule has 0 amide bonds. The van der Waals surface area contributed by atoms with Crippen LogP contribution >= 0.6 is 23.4 Å². The van der Waals surface area contributed by atoms with Gasteiger partial charge in [0, 0.05) is 56.7 Å². The number of nitrogens with zero attached hydrogens (tertiary/aromatic N) is 7. The summed E-state index contributed by atoms with van der Waals surface area (Å²) in [5.41, 5.74) is 5.50. The summed E-state index contributed by atoms with van der Waals surface area (Å²) in [6.45, 7) is 4.30. The van der Waals surface area contributed by atoms with Gasteiger partial charge in [0.1, 0.15) is 6.07 Å². The van der Waals surface area contributed by atoms with E-state index >= 15 is 0 Å². The quantitative estimate of drug-likeness (QED) is 0.336. The maximum Gasteiger partial charge on any atom is 0.103 e. The van der Waals surface area contributed by atoms with Crippen LogP contribution in [0.2, 0.25) is 5.02 Å². The Hall–Kier alpha value is -3.12. The van der Waals surface area contributed by atoms with Crippen LogP contribution in [0, 0.1) is 18.3 Å². The Balaban J connectivity index is 1.59. The number of nitriles is 1. The zero-order valence-electron chi connectivity index (χ0n) is 19.9. The van der Waals surface area contributed by atoms with Gasteiger partial charge in [-0.2, -0.15) is 15.5 Å². The van der Waals surface area contributed by atoms with Crippen molar-refractivity contribution in [1.82, 2.24) is 24.3 Å². The average molecular weight is 504 g/mol. The van der Waals surface area contributed by atoms with Gasteiger partial charge in [0.15, 0.2) is 0 Å². The first-order chi connectivity index (χ1) is 17.0. The van der Waals surface area contributed by atoms with E-state index in [1.807, 2.05) is 30.6 Å². The van der Waals surface area contributed by atoms with E-state index in [1.165, 1.54) is 0 Å². The van der Waals surface area contributed by atoms with Gasteiger partial charge in [0.25, 0.3) is 0 Å². The van der Waals surface area contributed by atoms with Crippen molar-refractivity contribution in [3.63, 3.8) is 0 Å². The molecule has 35 heavy (non-hydrogen) atoms. The van der Waals surface area contributed by atoms with E-state index in [1.54, 1.807) is 35.7 Å². The predicted octanol–water partition coefficient (Wildman–Crippen LogP) is 5.50. The van der Waals surface area contributed by atoms with Crippen molar-refractivity contribution in [2.24, 2.45) is 4.99 Å². The highest BCUT2D eigenvalue weighted by atomic mass is 35.5. The Morgan fingerprint density at radius 3 is 2.71 bits per heavy atom. The van der Waals surface area contributed by atoms with Crippen LogP contribution in [0.25, 0.3) is 16.6 Å². The molecule has 5 rings (SSSR count). The molecule has 0 atom stereocenters. The molecule has 1 fully saturated rings. The van der Waals surface area contributed by atoms with Crippen LogP contribution < -0.4 is 0 Å². The van der Waals surface area contributed by atoms with Gasteiger partial charge in [-0.3, -0.25) is 9.67 Å². The number of pyridine rings is 1. The molecular formula is C26H26ClN7S. The SMILES string of the molecule is C/N=C\c1cc(Cl)ccc1Sc1cc(-c2cnn(C3CCN(C)CC3)c2C)cn2ncc(C#N)c12. The van der Waals surface area contributed by atoms with E-state index < -0.39 is 0 Å². The van der Waals surface area contributed by atoms with E-state index in [0.717, 1.165) is 63.6 Å². The van der Waals surface area contributed by atoms with Crippen LogP contribution in [0.15, 0.2) is 57.6 Å². The number of likely N-dealkylation sites (tertiary alicyclic amines) is 1. The Morgan fingerprint density at radius 1 is 1.17 bits per heavy atom. The monoisotopic (exact) mass is 503 g/mol. The molecule has 1 aliphatic heterocycles. The maximum atomic E-state index is 9.72. The minimum Gasteiger partial charge on any atom is -0.306 e. The van der Waals surface area contributed by atoms with E-state index in [9.17, 15) is 5.26 Å². The number of hydrogen-bond acceptors (Lipinski definition) is 6. The van der Waals surface area contributed by atoms with Crippen LogP contribution in [0.5, 0.6) is 0 Å². The Morgan fingerprint density at radius 2 is 1.97 bits per heavy atom. The van der Waals surface area contributed by atoms with Crippen molar-refractivity contribution >= 4 is 35.1 Å². The van der Waals surface area contributed by atoms with Crippen molar-refractivity contribution in [2.75, 3.05) is 27.2 Å². The molecule has 4 aromatic rings. The highest BCUT2D eigenvalue weighted by Crippen LogP contribution is 2.38. The van der Waals surface area contributed by atoms with E-state index in [-0.39, 0.29) is 0 Å². The first-order valence-electron chi connectivity index (χ1n) is 11.5. The molecule has 0 saturated carbocycles. The number of hydrogen-bond donors (Lipinski definition) is 0. The second-order valence-electron chi connectivity index (χ2n) is 8.85. The summed E-state index contributed by atoms with van der Waals surface area (Å²) < 4.78 is 3.98. The molecule has 0 radical (unpaired) electrons. The largest absolute Gasteiger partial charge is 0.306 e. The summed E-state index contributed by atoms with van der Waals surface area (Å²) in [6.07, 6.45) is 9.55. The molecule has 9 heteroatoms. The Labute approximate surface area is 214 Å². The minimum atomic E-state index is 0.414. The van der Waals surface area contributed by atoms with Gasteiger partial charge in [0.2, 0.25) is 0 Å². The fourth-order valence-corrected chi connectivity index (χ4v) is 5.95. The Bertz CT molecular complexity index is 1450. The zero-order valence-corrected chi connectivity index (χ0v) is 21.5. The first kappa shape index (κ1) is 23.6. The average Bonchev–Trinajstić information content (AvgIpc) is 3.45. The van der Waals surface area contributed by atoms with Crippen LogP contribution in [0.4, 0.5) is 0 Å². The molecule has 1 saturated heterocycles. The Kier molecular flexibility index (Phi) is 6.65. The molecule has 7 nitrogen and oxygen atoms in total. The van der Waals surface area contributed by atoms with E-state index in [4.69, 9.17) is 16.7 Å². The third kappa shape index (κ3) is 4.59. The van der Waals surface area contributed by atoms with Gasteiger partial charge in [-0.05, 0) is 64.2 Å². The molecular weight excluding hydrogens is 478 g/mol. The van der Waals surface area contributed by atoms with Crippen molar-refractivity contribution in [1.29, 1.82) is 5.26 Å². The molecule has 0 spiro atoms. The third-order valence-corrected chi connectivity index (χ3v) is 7.90. The van der Waals surface area contributed by atoms with Gasteiger partial charge in [-0.15, -0.1) is 0 Å². The van der Waals surface area contributed by atoms with Gasteiger partial charge in [-0.25, -0.2) is 4.52 Å². The van der Waals surface area contributed by atoms with Crippen molar-refractivity contribution in [3.8, 4) is 17.2 Å². The number of aliphatic imine (C=N–C) groups is 1. The fraction of sp³-hybridized carbons (Fsp3) is 0.308. The van der Waals surface area contributed by atoms with Gasteiger partial charge in [0.05, 0.1) is 29.5 Å². The highest BCUT2D eigenvalue weighted by molar-refractivity contribution is 7.99. The second-order valence-corrected chi connectivity index (χ2v) is 10.4. The van der Waals surface area contributed by atoms with Gasteiger partial charge < -0.3 is 4.90 Å². The zero-order chi connectivity index (χ0) is 24.5. The molecule has 1 aliphatic rings. The van der Waals surface area contributed by atoms with Crippen molar-refractivity contribution < 1.29 is 0 Å². The van der Waals surface area contributed by atoms with E-state index in [0.29, 0.717) is 16.6 Å². The summed E-state index contributed by atoms with van der Waals surface area (Å²) in [4.78, 5) is 8.49. The van der Waals surface area contributed by atoms with Crippen LogP contribution in [-0.2, 0) is 0 Å². The summed E-state index contributed by atoms with van der Waals surface area (Å²) in [6, 6.07) is 10.6. The summed E-state index contributed by atoms with van der Waals surface area (Å²) in [5.74, 6) is 0. The number of benzene rings is 1. The molecule has 178 valence electrons. The molecule has 3 aromatic heterocycles. The van der Waals surface area contributed by atoms with Crippen molar-refractivity contribution in [3.05, 3.63) is 64.7 Å². The number of halogens is 1. The topological polar surface area (TPSA) is 74.5 Å². The van der Waals surface area contributed by atoms with Crippen molar-refractivity contribution in [2.45, 2.75) is 35.6 Å². The number of aromatic nitrogens is 4. The smallest absolute Gasteiger partial charge is 0.103 e. The lowest BCUT2D eigenvalue weighted by molar-refractivity contribution is 0.210. The molecule has 0 bridgehead atoms. The number of rotatable bonds is 5. The number of piperidine rings is 1. The first-order valence-corrected chi connectivity index (χ1v) is 12.7. The standard InChI is InChI=1S/C26H26ClN7S/c1-17-23(15-31-34(17)22-6-8-32(3)9-7-22)19-11-25(26-20(12-28)14-30-33(26)16-19)35-24-5-4-21(27)10-18(24)13-29-2/h4-5,10-11,13-16,22H,6-9H2,1-3H3/b29-13-. The normalized spacial score (nSPS) is 15.3. The third-order valence-electron chi connectivity index (χ3n) is 6.55. The van der Waals surface area contributed by atoms with Crippen LogP contribution in [0.3, 0.4) is 0 Å². The second kappa shape index (κ2) is 9.86. The lowest BCUT2D eigenvalue weighted by atomic mass is 10.0. The molecule has 0 unspecified atom stereocenters. The summed E-state index contributed by atoms with van der Waals surface area (Å²) in [5, 5.41) is 19.6. The summed E-state index contributed by atoms with van der Waals surface area (Å²) in [7, 11) is 3.91. The fourth-order valence-electron chi connectivity index (χ4n) is 4.68. The maximum absolute atomic E-state index is 9.72. The van der Waals surface area contributed by atoms with E-state index in [2.05, 4.69) is 45.8 Å². The molecule has 0 aliphatic carbocycles.